The van der Waals surface area contributed by atoms with Crippen molar-refractivity contribution in [2.45, 2.75) is 109 Å². The lowest BCUT2D eigenvalue weighted by atomic mass is 9.72. The standard InChI is InChI=1S/C26H40F2/c1-3-5-6-25-18-13-22(19-26(25,27)28)8-7-21-11-16-24(17-12-21)23-14-9-20(4-2)10-15-23/h9-10,14-15,21-22,24-25H,3-8,11-13,16-19H2,1-2H3. The number of unbranched alkanes of at least 4 members (excludes halogenated alkanes) is 1. The van der Waals surface area contributed by atoms with Crippen molar-refractivity contribution in [3.05, 3.63) is 35.4 Å². The molecule has 0 amide bonds. The van der Waals surface area contributed by atoms with Crippen molar-refractivity contribution in [3.8, 4) is 0 Å². The third-order valence-electron chi connectivity index (χ3n) is 7.68. The van der Waals surface area contributed by atoms with Gasteiger partial charge in [-0.25, -0.2) is 8.78 Å². The lowest BCUT2D eigenvalue weighted by Gasteiger charge is -2.37. The van der Waals surface area contributed by atoms with Crippen LogP contribution in [-0.2, 0) is 6.42 Å². The Morgan fingerprint density at radius 2 is 1.46 bits per heavy atom. The summed E-state index contributed by atoms with van der Waals surface area (Å²) in [4.78, 5) is 0. The predicted octanol–water partition coefficient (Wildman–Crippen LogP) is 8.54. The van der Waals surface area contributed by atoms with E-state index in [0.717, 1.165) is 50.9 Å². The highest BCUT2D eigenvalue weighted by molar-refractivity contribution is 5.25. The monoisotopic (exact) mass is 390 g/mol. The maximum Gasteiger partial charge on any atom is 0.251 e. The van der Waals surface area contributed by atoms with Gasteiger partial charge in [-0.15, -0.1) is 0 Å². The Kier molecular flexibility index (Phi) is 7.94. The first-order chi connectivity index (χ1) is 13.5. The SMILES string of the molecule is CCCCC1CCC(CCC2CCC(c3ccc(CC)cc3)CC2)CC1(F)F. The largest absolute Gasteiger partial charge is 0.251 e. The third-order valence-corrected chi connectivity index (χ3v) is 7.68. The molecule has 1 aromatic rings. The Balaban J connectivity index is 1.39. The van der Waals surface area contributed by atoms with E-state index in [9.17, 15) is 8.78 Å². The molecule has 2 saturated carbocycles. The van der Waals surface area contributed by atoms with Gasteiger partial charge in [0.15, 0.2) is 0 Å². The fourth-order valence-electron chi connectivity index (χ4n) is 5.64. The van der Waals surface area contributed by atoms with E-state index in [4.69, 9.17) is 0 Å². The fourth-order valence-corrected chi connectivity index (χ4v) is 5.64. The Labute approximate surface area is 171 Å². The van der Waals surface area contributed by atoms with Crippen molar-refractivity contribution in [1.82, 2.24) is 0 Å². The van der Waals surface area contributed by atoms with Gasteiger partial charge in [0.2, 0.25) is 0 Å². The molecule has 2 heteroatoms. The molecule has 0 aromatic heterocycles. The van der Waals surface area contributed by atoms with Crippen LogP contribution in [0.5, 0.6) is 0 Å². The molecular formula is C26H40F2. The number of aryl methyl sites for hydroxylation is 1. The Bertz CT molecular complexity index is 569. The second kappa shape index (κ2) is 10.2. The molecule has 1 aromatic carbocycles. The van der Waals surface area contributed by atoms with Crippen molar-refractivity contribution < 1.29 is 8.78 Å². The molecule has 0 nitrogen and oxygen atoms in total. The zero-order valence-electron chi connectivity index (χ0n) is 18.1. The minimum Gasteiger partial charge on any atom is -0.207 e. The van der Waals surface area contributed by atoms with Gasteiger partial charge in [-0.2, -0.15) is 0 Å². The van der Waals surface area contributed by atoms with Gasteiger partial charge in [-0.05, 0) is 86.7 Å². The van der Waals surface area contributed by atoms with E-state index in [1.807, 2.05) is 0 Å². The van der Waals surface area contributed by atoms with Gasteiger partial charge < -0.3 is 0 Å². The zero-order chi connectivity index (χ0) is 20.0. The molecule has 2 unspecified atom stereocenters. The van der Waals surface area contributed by atoms with Crippen LogP contribution in [0.15, 0.2) is 24.3 Å². The molecule has 158 valence electrons. The molecule has 0 N–H and O–H groups in total. The van der Waals surface area contributed by atoms with Crippen LogP contribution in [0.1, 0.15) is 108 Å². The van der Waals surface area contributed by atoms with E-state index in [2.05, 4.69) is 38.1 Å². The topological polar surface area (TPSA) is 0 Å². The molecule has 0 radical (unpaired) electrons. The zero-order valence-corrected chi connectivity index (χ0v) is 18.1. The lowest BCUT2D eigenvalue weighted by Crippen LogP contribution is -2.36. The fraction of sp³-hybridized carbons (Fsp3) is 0.769. The lowest BCUT2D eigenvalue weighted by molar-refractivity contribution is -0.106. The Morgan fingerprint density at radius 3 is 2.07 bits per heavy atom. The molecule has 0 bridgehead atoms. The van der Waals surface area contributed by atoms with E-state index in [-0.39, 0.29) is 18.3 Å². The Morgan fingerprint density at radius 1 is 0.821 bits per heavy atom. The van der Waals surface area contributed by atoms with Crippen LogP contribution >= 0.6 is 0 Å². The van der Waals surface area contributed by atoms with Crippen molar-refractivity contribution in [2.24, 2.45) is 17.8 Å². The highest BCUT2D eigenvalue weighted by Crippen LogP contribution is 2.46. The van der Waals surface area contributed by atoms with Crippen LogP contribution in [0.4, 0.5) is 8.78 Å². The smallest absolute Gasteiger partial charge is 0.207 e. The van der Waals surface area contributed by atoms with Crippen molar-refractivity contribution in [1.29, 1.82) is 0 Å². The summed E-state index contributed by atoms with van der Waals surface area (Å²) >= 11 is 0. The van der Waals surface area contributed by atoms with Crippen LogP contribution in [0, 0.1) is 17.8 Å². The van der Waals surface area contributed by atoms with Crippen molar-refractivity contribution in [3.63, 3.8) is 0 Å². The van der Waals surface area contributed by atoms with Crippen LogP contribution < -0.4 is 0 Å². The molecule has 28 heavy (non-hydrogen) atoms. The van der Waals surface area contributed by atoms with E-state index in [0.29, 0.717) is 5.92 Å². The minimum absolute atomic E-state index is 0.153. The number of benzene rings is 1. The van der Waals surface area contributed by atoms with Gasteiger partial charge in [-0.1, -0.05) is 57.4 Å². The molecule has 2 aliphatic carbocycles. The second-order valence-electron chi connectivity index (χ2n) is 9.64. The van der Waals surface area contributed by atoms with Crippen LogP contribution in [0.25, 0.3) is 0 Å². The summed E-state index contributed by atoms with van der Waals surface area (Å²) < 4.78 is 29.0. The number of rotatable bonds is 8. The summed E-state index contributed by atoms with van der Waals surface area (Å²) in [6.07, 6.45) is 13.0. The second-order valence-corrected chi connectivity index (χ2v) is 9.64. The highest BCUT2D eigenvalue weighted by Gasteiger charge is 2.44. The maximum absolute atomic E-state index is 14.5. The average Bonchev–Trinajstić information content (AvgIpc) is 2.71. The average molecular weight is 391 g/mol. The molecule has 2 fully saturated rings. The van der Waals surface area contributed by atoms with E-state index in [1.165, 1.54) is 43.2 Å². The predicted molar refractivity (Wildman–Crippen MR) is 115 cm³/mol. The number of halogens is 2. The summed E-state index contributed by atoms with van der Waals surface area (Å²) in [6, 6.07) is 9.20. The van der Waals surface area contributed by atoms with Crippen molar-refractivity contribution in [2.75, 3.05) is 0 Å². The van der Waals surface area contributed by atoms with Crippen LogP contribution in [-0.4, -0.2) is 5.92 Å². The quantitative estimate of drug-likeness (QED) is 0.417. The summed E-state index contributed by atoms with van der Waals surface area (Å²) in [5.74, 6) is -1.04. The van der Waals surface area contributed by atoms with Gasteiger partial charge in [-0.3, -0.25) is 0 Å². The van der Waals surface area contributed by atoms with Crippen LogP contribution in [0.3, 0.4) is 0 Å². The minimum atomic E-state index is -2.42. The van der Waals surface area contributed by atoms with Gasteiger partial charge >= 0.3 is 0 Å². The molecule has 0 saturated heterocycles. The van der Waals surface area contributed by atoms with E-state index >= 15 is 0 Å². The number of hydrogen-bond acceptors (Lipinski definition) is 0. The van der Waals surface area contributed by atoms with Gasteiger partial charge in [0.1, 0.15) is 0 Å². The van der Waals surface area contributed by atoms with E-state index in [1.54, 1.807) is 0 Å². The molecule has 3 rings (SSSR count). The number of alkyl halides is 2. The first-order valence-corrected chi connectivity index (χ1v) is 12.0. The van der Waals surface area contributed by atoms with Gasteiger partial charge in [0.25, 0.3) is 5.92 Å². The Hall–Kier alpha value is -0.920. The molecule has 0 heterocycles. The maximum atomic E-state index is 14.5. The first-order valence-electron chi connectivity index (χ1n) is 12.0. The molecule has 2 aliphatic rings. The van der Waals surface area contributed by atoms with Gasteiger partial charge in [0, 0.05) is 12.3 Å². The summed E-state index contributed by atoms with van der Waals surface area (Å²) in [5, 5.41) is 0. The molecular weight excluding hydrogens is 350 g/mol. The molecule has 0 aliphatic heterocycles. The van der Waals surface area contributed by atoms with E-state index < -0.39 is 5.92 Å². The van der Waals surface area contributed by atoms with Gasteiger partial charge in [0.05, 0.1) is 0 Å². The normalized spacial score (nSPS) is 30.3. The molecule has 0 spiro atoms. The van der Waals surface area contributed by atoms with Crippen molar-refractivity contribution >= 4 is 0 Å². The summed E-state index contributed by atoms with van der Waals surface area (Å²) in [6.45, 7) is 4.30. The summed E-state index contributed by atoms with van der Waals surface area (Å²) in [7, 11) is 0. The molecule has 2 atom stereocenters. The number of hydrogen-bond donors (Lipinski definition) is 0. The highest BCUT2D eigenvalue weighted by atomic mass is 19.3. The van der Waals surface area contributed by atoms with Crippen LogP contribution in [0.2, 0.25) is 0 Å². The first kappa shape index (κ1) is 21.8. The summed E-state index contributed by atoms with van der Waals surface area (Å²) in [5.41, 5.74) is 2.92. The third kappa shape index (κ3) is 5.80.